The molecule has 1 fully saturated rings. The smallest absolute Gasteiger partial charge is 0.164 e. The maximum atomic E-state index is 9.31. The van der Waals surface area contributed by atoms with Crippen molar-refractivity contribution < 1.29 is 5.48 Å². The number of fused-ring (bicyclic) bond motifs is 5. The van der Waals surface area contributed by atoms with Gasteiger partial charge in [-0.1, -0.05) is 159 Å². The second kappa shape index (κ2) is 11.8. The van der Waals surface area contributed by atoms with Gasteiger partial charge in [-0.15, -0.1) is 0 Å². The topological polar surface area (TPSA) is 38.7 Å². The van der Waals surface area contributed by atoms with Crippen molar-refractivity contribution in [3.05, 3.63) is 163 Å². The van der Waals surface area contributed by atoms with E-state index >= 15 is 0 Å². The number of rotatable bonds is 5. The van der Waals surface area contributed by atoms with E-state index in [4.69, 9.17) is 15.0 Å². The molecule has 48 heavy (non-hydrogen) atoms. The molecule has 7 aromatic rings. The molecule has 0 saturated heterocycles. The molecule has 3 nitrogen and oxygen atoms in total. The Bertz CT molecular complexity index is 2370. The van der Waals surface area contributed by atoms with Gasteiger partial charge >= 0.3 is 0 Å². The molecular weight excluding hydrogens is 583 g/mol. The molecular formula is C45H35N3. The van der Waals surface area contributed by atoms with Crippen LogP contribution in [0.5, 0.6) is 0 Å². The Balaban J connectivity index is 1.09. The molecule has 0 aliphatic heterocycles. The summed E-state index contributed by atoms with van der Waals surface area (Å²) in [6, 6.07) is 50.5. The van der Waals surface area contributed by atoms with Crippen molar-refractivity contribution in [3.8, 4) is 67.5 Å². The molecule has 2 aliphatic rings. The standard InChI is InChI=1S/C45H35N3/c1-4-13-32(14-5-1)42-46-43(33-15-6-2-7-16-33)48-44(47-42)34-23-21-31(22-24-34)35-17-12-18-36(29-35)37-25-26-39-38-19-8-9-20-40(38)45(41(39)30-37)27-10-3-11-28-45/h1-2,4-9,12-26,29-30H,3,10-11,27-28H2/i27D2,28D2. The highest BCUT2D eigenvalue weighted by atomic mass is 15.0. The zero-order valence-corrected chi connectivity index (χ0v) is 26.4. The van der Waals surface area contributed by atoms with E-state index in [0.29, 0.717) is 36.7 Å². The molecule has 0 atom stereocenters. The number of aromatic nitrogens is 3. The average Bonchev–Trinajstić information content (AvgIpc) is 3.49. The van der Waals surface area contributed by atoms with Gasteiger partial charge in [-0.2, -0.15) is 0 Å². The van der Waals surface area contributed by atoms with Crippen LogP contribution in [0.15, 0.2) is 152 Å². The van der Waals surface area contributed by atoms with E-state index in [1.807, 2.05) is 109 Å². The summed E-state index contributed by atoms with van der Waals surface area (Å²) in [6.45, 7) is 0. The van der Waals surface area contributed by atoms with E-state index in [2.05, 4.69) is 42.5 Å². The third kappa shape index (κ3) is 4.94. The summed E-state index contributed by atoms with van der Waals surface area (Å²) in [7, 11) is 0. The normalized spacial score (nSPS) is 17.8. The first kappa shape index (κ1) is 24.5. The Morgan fingerprint density at radius 1 is 0.375 bits per heavy atom. The Kier molecular flexibility index (Phi) is 6.05. The van der Waals surface area contributed by atoms with E-state index in [9.17, 15) is 5.48 Å². The van der Waals surface area contributed by atoms with Crippen LogP contribution < -0.4 is 0 Å². The van der Waals surface area contributed by atoms with Crippen LogP contribution in [-0.2, 0) is 5.41 Å². The van der Waals surface area contributed by atoms with Crippen molar-refractivity contribution >= 4 is 0 Å². The molecule has 1 spiro atoms. The fourth-order valence-electron chi connectivity index (χ4n) is 7.17. The maximum absolute atomic E-state index is 9.31. The van der Waals surface area contributed by atoms with Crippen LogP contribution >= 0.6 is 0 Å². The van der Waals surface area contributed by atoms with Gasteiger partial charge in [0.2, 0.25) is 0 Å². The summed E-state index contributed by atoms with van der Waals surface area (Å²) in [5.41, 5.74) is 8.71. The highest BCUT2D eigenvalue weighted by Crippen LogP contribution is 2.56. The minimum Gasteiger partial charge on any atom is -0.208 e. The van der Waals surface area contributed by atoms with Gasteiger partial charge in [-0.3, -0.25) is 0 Å². The zero-order valence-electron chi connectivity index (χ0n) is 30.4. The number of hydrogen-bond acceptors (Lipinski definition) is 3. The van der Waals surface area contributed by atoms with Gasteiger partial charge in [0.15, 0.2) is 17.5 Å². The molecule has 3 heteroatoms. The van der Waals surface area contributed by atoms with Crippen molar-refractivity contribution in [2.24, 2.45) is 0 Å². The lowest BCUT2D eigenvalue weighted by Crippen LogP contribution is -2.28. The van der Waals surface area contributed by atoms with E-state index in [1.54, 1.807) is 0 Å². The third-order valence-corrected chi connectivity index (χ3v) is 9.55. The molecule has 9 rings (SSSR count). The fraction of sp³-hybridized carbons (Fsp3) is 0.133. The molecule has 0 bridgehead atoms. The third-order valence-electron chi connectivity index (χ3n) is 9.55. The van der Waals surface area contributed by atoms with Crippen LogP contribution in [0, 0.1) is 0 Å². The van der Waals surface area contributed by atoms with Crippen molar-refractivity contribution in [1.29, 1.82) is 0 Å². The second-order valence-corrected chi connectivity index (χ2v) is 12.5. The van der Waals surface area contributed by atoms with Crippen LogP contribution in [0.4, 0.5) is 0 Å². The van der Waals surface area contributed by atoms with Crippen LogP contribution in [0.1, 0.15) is 48.6 Å². The zero-order chi connectivity index (χ0) is 35.5. The van der Waals surface area contributed by atoms with Crippen LogP contribution in [0.3, 0.4) is 0 Å². The van der Waals surface area contributed by atoms with Gasteiger partial charge in [0.05, 0.1) is 0 Å². The largest absolute Gasteiger partial charge is 0.208 e. The fourth-order valence-corrected chi connectivity index (χ4v) is 7.17. The molecule has 0 N–H and O–H groups in total. The Morgan fingerprint density at radius 2 is 0.833 bits per heavy atom. The Morgan fingerprint density at radius 3 is 1.48 bits per heavy atom. The SMILES string of the molecule is [2H]C1([2H])CCCC([2H])([2H])C12c1ccccc1-c1ccc(-c3cccc(-c4ccc(-c5nc(-c6ccccc6)nc(-c6ccccc6)n5)cc4)c3)cc12. The van der Waals surface area contributed by atoms with Crippen molar-refractivity contribution in [3.63, 3.8) is 0 Å². The highest BCUT2D eigenvalue weighted by Gasteiger charge is 2.43. The van der Waals surface area contributed by atoms with Crippen LogP contribution in [0.25, 0.3) is 67.5 Å². The summed E-state index contributed by atoms with van der Waals surface area (Å²) in [5.74, 6) is 1.84. The van der Waals surface area contributed by atoms with Crippen molar-refractivity contribution in [2.75, 3.05) is 0 Å². The van der Waals surface area contributed by atoms with E-state index in [1.165, 1.54) is 0 Å². The van der Waals surface area contributed by atoms with E-state index in [0.717, 1.165) is 61.2 Å². The minimum atomic E-state index is -1.75. The number of nitrogens with zero attached hydrogens (tertiary/aromatic N) is 3. The molecule has 0 unspecified atom stereocenters. The molecule has 0 amide bonds. The van der Waals surface area contributed by atoms with Gasteiger partial charge in [-0.25, -0.2) is 15.0 Å². The lowest BCUT2D eigenvalue weighted by molar-refractivity contribution is 0.353. The first-order valence-corrected chi connectivity index (χ1v) is 16.6. The molecule has 1 saturated carbocycles. The summed E-state index contributed by atoms with van der Waals surface area (Å²) in [6.07, 6.45) is -2.33. The second-order valence-electron chi connectivity index (χ2n) is 12.5. The molecule has 230 valence electrons. The van der Waals surface area contributed by atoms with Crippen LogP contribution in [0.2, 0.25) is 0 Å². The molecule has 6 aromatic carbocycles. The van der Waals surface area contributed by atoms with Crippen molar-refractivity contribution in [2.45, 2.75) is 37.4 Å². The molecule has 1 aromatic heterocycles. The first-order valence-electron chi connectivity index (χ1n) is 18.6. The number of hydrogen-bond donors (Lipinski definition) is 0. The summed E-state index contributed by atoms with van der Waals surface area (Å²) < 4.78 is 37.3. The molecule has 2 aliphatic carbocycles. The maximum Gasteiger partial charge on any atom is 0.164 e. The predicted molar refractivity (Wildman–Crippen MR) is 196 cm³/mol. The van der Waals surface area contributed by atoms with Gasteiger partial charge in [-0.05, 0) is 69.4 Å². The van der Waals surface area contributed by atoms with Gasteiger partial charge < -0.3 is 0 Å². The highest BCUT2D eigenvalue weighted by molar-refractivity contribution is 5.85. The van der Waals surface area contributed by atoms with Gasteiger partial charge in [0.1, 0.15) is 0 Å². The average molecular weight is 622 g/mol. The molecule has 1 heterocycles. The van der Waals surface area contributed by atoms with Gasteiger partial charge in [0, 0.05) is 27.6 Å². The summed E-state index contributed by atoms with van der Waals surface area (Å²) in [5, 5.41) is 0. The lowest BCUT2D eigenvalue weighted by atomic mass is 9.67. The van der Waals surface area contributed by atoms with Gasteiger partial charge in [0.25, 0.3) is 0 Å². The van der Waals surface area contributed by atoms with Crippen LogP contribution in [-0.4, -0.2) is 15.0 Å². The quantitative estimate of drug-likeness (QED) is 0.192. The molecule has 0 radical (unpaired) electrons. The summed E-state index contributed by atoms with van der Waals surface area (Å²) in [4.78, 5) is 14.6. The Labute approximate surface area is 287 Å². The monoisotopic (exact) mass is 621 g/mol. The van der Waals surface area contributed by atoms with Crippen molar-refractivity contribution in [1.82, 2.24) is 15.0 Å². The number of benzene rings is 6. The minimum absolute atomic E-state index is 0.321. The van der Waals surface area contributed by atoms with E-state index < -0.39 is 18.2 Å². The summed E-state index contributed by atoms with van der Waals surface area (Å²) >= 11 is 0. The Hall–Kier alpha value is -5.67. The lowest BCUT2D eigenvalue weighted by Gasteiger charge is -2.36. The predicted octanol–water partition coefficient (Wildman–Crippen LogP) is 11.4. The van der Waals surface area contributed by atoms with E-state index in [-0.39, 0.29) is 0 Å². The first-order chi connectivity index (χ1) is 25.2.